The van der Waals surface area contributed by atoms with Crippen LogP contribution in [0.15, 0.2) is 12.4 Å². The van der Waals surface area contributed by atoms with Gasteiger partial charge < -0.3 is 10.0 Å². The minimum Gasteiger partial charge on any atom is -0.390 e. The average Bonchev–Trinajstić information content (AvgIpc) is 2.64. The Kier molecular flexibility index (Phi) is 2.71. The number of nitrogens with zero attached hydrogens (tertiary/aromatic N) is 3. The predicted octanol–water partition coefficient (Wildman–Crippen LogP) is 0.407. The Balaban J connectivity index is 2.02. The van der Waals surface area contributed by atoms with Crippen molar-refractivity contribution >= 4 is 5.91 Å². The van der Waals surface area contributed by atoms with Crippen LogP contribution in [-0.2, 0) is 7.05 Å². The van der Waals surface area contributed by atoms with E-state index in [0.717, 1.165) is 0 Å². The fourth-order valence-electron chi connectivity index (χ4n) is 1.91. The maximum absolute atomic E-state index is 12.0. The third-order valence-corrected chi connectivity index (χ3v) is 3.08. The smallest absolute Gasteiger partial charge is 0.257 e. The lowest BCUT2D eigenvalue weighted by molar-refractivity contribution is -0.00202. The van der Waals surface area contributed by atoms with Crippen LogP contribution >= 0.6 is 0 Å². The second kappa shape index (κ2) is 3.90. The maximum Gasteiger partial charge on any atom is 0.257 e. The molecule has 5 heteroatoms. The molecule has 2 rings (SSSR count). The molecule has 1 fully saturated rings. The predicted molar refractivity (Wildman–Crippen MR) is 59.0 cm³/mol. The van der Waals surface area contributed by atoms with E-state index in [1.54, 1.807) is 29.0 Å². The van der Waals surface area contributed by atoms with E-state index < -0.39 is 5.60 Å². The highest BCUT2D eigenvalue weighted by Crippen LogP contribution is 2.22. The standard InChI is InChI=1S/C11H17N3O2/c1-11(16)3-5-14(6-4-11)10(15)9-7-12-13(2)8-9/h7-8,16H,3-6H2,1-2H3. The van der Waals surface area contributed by atoms with Crippen LogP contribution in [0.4, 0.5) is 0 Å². The molecule has 0 spiro atoms. The first-order valence-electron chi connectivity index (χ1n) is 5.48. The van der Waals surface area contributed by atoms with Crippen LogP contribution in [-0.4, -0.2) is 44.4 Å². The molecule has 0 bridgehead atoms. The Morgan fingerprint density at radius 3 is 2.62 bits per heavy atom. The molecule has 16 heavy (non-hydrogen) atoms. The number of aryl methyl sites for hydroxylation is 1. The molecule has 88 valence electrons. The van der Waals surface area contributed by atoms with Crippen LogP contribution in [0.2, 0.25) is 0 Å². The number of hydrogen-bond acceptors (Lipinski definition) is 3. The van der Waals surface area contributed by atoms with Gasteiger partial charge in [0, 0.05) is 26.3 Å². The largest absolute Gasteiger partial charge is 0.390 e. The highest BCUT2D eigenvalue weighted by Gasteiger charge is 2.30. The Morgan fingerprint density at radius 2 is 2.12 bits per heavy atom. The van der Waals surface area contributed by atoms with Gasteiger partial charge in [-0.25, -0.2) is 0 Å². The quantitative estimate of drug-likeness (QED) is 0.750. The molecule has 1 aromatic rings. The molecule has 0 radical (unpaired) electrons. The fraction of sp³-hybridized carbons (Fsp3) is 0.636. The number of likely N-dealkylation sites (tertiary alicyclic amines) is 1. The summed E-state index contributed by atoms with van der Waals surface area (Å²) in [6.07, 6.45) is 4.57. The molecule has 1 aliphatic heterocycles. The van der Waals surface area contributed by atoms with Crippen LogP contribution in [0.3, 0.4) is 0 Å². The second-order valence-corrected chi connectivity index (χ2v) is 4.69. The van der Waals surface area contributed by atoms with E-state index in [-0.39, 0.29) is 5.91 Å². The van der Waals surface area contributed by atoms with Gasteiger partial charge in [0.25, 0.3) is 5.91 Å². The third kappa shape index (κ3) is 2.24. The second-order valence-electron chi connectivity index (χ2n) is 4.69. The minimum atomic E-state index is -0.619. The number of carbonyl (C=O) groups excluding carboxylic acids is 1. The number of hydrogen-bond donors (Lipinski definition) is 1. The summed E-state index contributed by atoms with van der Waals surface area (Å²) >= 11 is 0. The van der Waals surface area contributed by atoms with Crippen molar-refractivity contribution in [2.75, 3.05) is 13.1 Å². The topological polar surface area (TPSA) is 58.4 Å². The molecule has 1 aromatic heterocycles. The molecule has 0 saturated carbocycles. The first-order valence-corrected chi connectivity index (χ1v) is 5.48. The van der Waals surface area contributed by atoms with Crippen molar-refractivity contribution in [3.63, 3.8) is 0 Å². The number of aliphatic hydroxyl groups is 1. The Morgan fingerprint density at radius 1 is 1.50 bits per heavy atom. The molecule has 1 amide bonds. The van der Waals surface area contributed by atoms with E-state index in [1.165, 1.54) is 0 Å². The van der Waals surface area contributed by atoms with Crippen molar-refractivity contribution in [2.45, 2.75) is 25.4 Å². The Labute approximate surface area is 94.7 Å². The monoisotopic (exact) mass is 223 g/mol. The lowest BCUT2D eigenvalue weighted by atomic mass is 9.93. The van der Waals surface area contributed by atoms with Crippen molar-refractivity contribution in [1.29, 1.82) is 0 Å². The molecule has 1 aliphatic rings. The fourth-order valence-corrected chi connectivity index (χ4v) is 1.91. The Bertz CT molecular complexity index is 388. The average molecular weight is 223 g/mol. The lowest BCUT2D eigenvalue weighted by Crippen LogP contribution is -2.45. The summed E-state index contributed by atoms with van der Waals surface area (Å²) in [7, 11) is 1.79. The summed E-state index contributed by atoms with van der Waals surface area (Å²) in [5, 5.41) is 13.8. The van der Waals surface area contributed by atoms with Crippen LogP contribution < -0.4 is 0 Å². The van der Waals surface area contributed by atoms with Gasteiger partial charge in [-0.1, -0.05) is 0 Å². The van der Waals surface area contributed by atoms with Gasteiger partial charge in [0.2, 0.25) is 0 Å². The summed E-state index contributed by atoms with van der Waals surface area (Å²) in [5.41, 5.74) is -0.00447. The highest BCUT2D eigenvalue weighted by atomic mass is 16.3. The molecule has 0 aliphatic carbocycles. The summed E-state index contributed by atoms with van der Waals surface area (Å²) in [6, 6.07) is 0. The number of rotatable bonds is 1. The zero-order valence-electron chi connectivity index (χ0n) is 9.68. The first kappa shape index (κ1) is 11.1. The zero-order chi connectivity index (χ0) is 11.8. The highest BCUT2D eigenvalue weighted by molar-refractivity contribution is 5.93. The van der Waals surface area contributed by atoms with E-state index in [0.29, 0.717) is 31.5 Å². The van der Waals surface area contributed by atoms with Gasteiger partial charge in [-0.15, -0.1) is 0 Å². The molecular weight excluding hydrogens is 206 g/mol. The molecule has 5 nitrogen and oxygen atoms in total. The van der Waals surface area contributed by atoms with Crippen LogP contribution in [0.25, 0.3) is 0 Å². The van der Waals surface area contributed by atoms with Gasteiger partial charge in [0.1, 0.15) is 0 Å². The van der Waals surface area contributed by atoms with E-state index in [2.05, 4.69) is 5.10 Å². The van der Waals surface area contributed by atoms with E-state index in [4.69, 9.17) is 0 Å². The molecule has 1 saturated heterocycles. The number of piperidine rings is 1. The van der Waals surface area contributed by atoms with Crippen LogP contribution in [0.5, 0.6) is 0 Å². The summed E-state index contributed by atoms with van der Waals surface area (Å²) in [6.45, 7) is 3.04. The number of aromatic nitrogens is 2. The van der Waals surface area contributed by atoms with Gasteiger partial charge in [-0.05, 0) is 19.8 Å². The minimum absolute atomic E-state index is 0.00333. The molecule has 0 aromatic carbocycles. The molecule has 0 unspecified atom stereocenters. The summed E-state index contributed by atoms with van der Waals surface area (Å²) in [5.74, 6) is 0.00333. The molecule has 0 atom stereocenters. The summed E-state index contributed by atoms with van der Waals surface area (Å²) < 4.78 is 1.62. The van der Waals surface area contributed by atoms with Gasteiger partial charge >= 0.3 is 0 Å². The van der Waals surface area contributed by atoms with E-state index in [1.807, 2.05) is 6.92 Å². The van der Waals surface area contributed by atoms with Gasteiger partial charge in [-0.2, -0.15) is 5.10 Å². The van der Waals surface area contributed by atoms with Crippen molar-refractivity contribution in [3.05, 3.63) is 18.0 Å². The van der Waals surface area contributed by atoms with E-state index >= 15 is 0 Å². The van der Waals surface area contributed by atoms with Crippen molar-refractivity contribution < 1.29 is 9.90 Å². The molecule has 2 heterocycles. The number of amides is 1. The zero-order valence-corrected chi connectivity index (χ0v) is 9.68. The van der Waals surface area contributed by atoms with Gasteiger partial charge in [0.15, 0.2) is 0 Å². The van der Waals surface area contributed by atoms with Crippen LogP contribution in [0.1, 0.15) is 30.1 Å². The van der Waals surface area contributed by atoms with Gasteiger partial charge in [0.05, 0.1) is 17.4 Å². The SMILES string of the molecule is Cn1cc(C(=O)N2CCC(C)(O)CC2)cn1. The summed E-state index contributed by atoms with van der Waals surface area (Å²) in [4.78, 5) is 13.8. The lowest BCUT2D eigenvalue weighted by Gasteiger charge is -2.35. The van der Waals surface area contributed by atoms with Gasteiger partial charge in [-0.3, -0.25) is 9.48 Å². The van der Waals surface area contributed by atoms with Crippen LogP contribution in [0, 0.1) is 0 Å². The van der Waals surface area contributed by atoms with E-state index in [9.17, 15) is 9.90 Å². The van der Waals surface area contributed by atoms with Crippen molar-refractivity contribution in [2.24, 2.45) is 7.05 Å². The van der Waals surface area contributed by atoms with Crippen molar-refractivity contribution in [1.82, 2.24) is 14.7 Å². The van der Waals surface area contributed by atoms with Crippen molar-refractivity contribution in [3.8, 4) is 0 Å². The first-order chi connectivity index (χ1) is 7.48. The normalized spacial score (nSPS) is 19.8. The third-order valence-electron chi connectivity index (χ3n) is 3.08. The number of carbonyl (C=O) groups is 1. The Hall–Kier alpha value is -1.36. The maximum atomic E-state index is 12.0. The molecule has 1 N–H and O–H groups in total. The molecular formula is C11H17N3O2.